The zero-order valence-electron chi connectivity index (χ0n) is 10.6. The third kappa shape index (κ3) is 2.59. The number of carbonyl (C=O) groups is 1. The lowest BCUT2D eigenvalue weighted by molar-refractivity contribution is -0.115. The van der Waals surface area contributed by atoms with Gasteiger partial charge in [-0.2, -0.15) is 4.31 Å². The van der Waals surface area contributed by atoms with Gasteiger partial charge in [0.05, 0.1) is 4.90 Å². The first-order chi connectivity index (χ1) is 9.43. The standard InChI is InChI=1S/C12H12N4O3S/c1-9(17)16(12-6-7-14-8-15-12)20(18,19)11-4-2-10(13)3-5-11/h2-8H,13H2,1H3. The van der Waals surface area contributed by atoms with E-state index >= 15 is 0 Å². The van der Waals surface area contributed by atoms with Gasteiger partial charge in [0.2, 0.25) is 5.91 Å². The van der Waals surface area contributed by atoms with Gasteiger partial charge >= 0.3 is 0 Å². The average Bonchev–Trinajstić information content (AvgIpc) is 2.39. The van der Waals surface area contributed by atoms with Crippen molar-refractivity contribution in [2.45, 2.75) is 11.8 Å². The van der Waals surface area contributed by atoms with Crippen LogP contribution in [0.1, 0.15) is 6.92 Å². The first kappa shape index (κ1) is 13.9. The van der Waals surface area contributed by atoms with E-state index in [-0.39, 0.29) is 10.7 Å². The summed E-state index contributed by atoms with van der Waals surface area (Å²) in [7, 11) is -4.03. The fourth-order valence-corrected chi connectivity index (χ4v) is 2.99. The van der Waals surface area contributed by atoms with E-state index in [4.69, 9.17) is 5.73 Å². The number of amides is 1. The van der Waals surface area contributed by atoms with Gasteiger partial charge in [0, 0.05) is 24.9 Å². The molecule has 0 fully saturated rings. The largest absolute Gasteiger partial charge is 0.399 e. The Hall–Kier alpha value is -2.48. The van der Waals surface area contributed by atoms with Crippen molar-refractivity contribution in [3.63, 3.8) is 0 Å². The molecule has 0 aliphatic rings. The molecule has 0 saturated heterocycles. The van der Waals surface area contributed by atoms with Crippen LogP contribution >= 0.6 is 0 Å². The molecule has 0 aliphatic heterocycles. The van der Waals surface area contributed by atoms with E-state index < -0.39 is 15.9 Å². The number of nitrogen functional groups attached to an aromatic ring is 1. The van der Waals surface area contributed by atoms with Crippen LogP contribution in [0.5, 0.6) is 0 Å². The predicted molar refractivity (Wildman–Crippen MR) is 73.2 cm³/mol. The highest BCUT2D eigenvalue weighted by atomic mass is 32.2. The quantitative estimate of drug-likeness (QED) is 0.839. The summed E-state index contributed by atoms with van der Waals surface area (Å²) in [5.74, 6) is -0.676. The topological polar surface area (TPSA) is 106 Å². The van der Waals surface area contributed by atoms with E-state index in [1.807, 2.05) is 0 Å². The molecule has 1 amide bonds. The first-order valence-electron chi connectivity index (χ1n) is 5.60. The molecule has 1 aromatic carbocycles. The van der Waals surface area contributed by atoms with E-state index in [9.17, 15) is 13.2 Å². The van der Waals surface area contributed by atoms with Gasteiger partial charge in [-0.25, -0.2) is 18.4 Å². The lowest BCUT2D eigenvalue weighted by Crippen LogP contribution is -2.35. The normalized spacial score (nSPS) is 11.1. The third-order valence-corrected chi connectivity index (χ3v) is 4.27. The SMILES string of the molecule is CC(=O)N(c1ccncn1)S(=O)(=O)c1ccc(N)cc1. The molecule has 104 valence electrons. The molecule has 2 aromatic rings. The Balaban J connectivity index is 2.54. The number of rotatable bonds is 3. The smallest absolute Gasteiger partial charge is 0.272 e. The Morgan fingerprint density at radius 1 is 1.20 bits per heavy atom. The van der Waals surface area contributed by atoms with Gasteiger partial charge in [-0.15, -0.1) is 0 Å². The van der Waals surface area contributed by atoms with Crippen molar-refractivity contribution in [1.29, 1.82) is 0 Å². The molecule has 0 aliphatic carbocycles. The maximum absolute atomic E-state index is 12.5. The summed E-state index contributed by atoms with van der Waals surface area (Å²) < 4.78 is 25.6. The number of anilines is 2. The van der Waals surface area contributed by atoms with Crippen LogP contribution in [-0.4, -0.2) is 24.3 Å². The molecule has 7 nitrogen and oxygen atoms in total. The van der Waals surface area contributed by atoms with Crippen LogP contribution in [0.4, 0.5) is 11.5 Å². The van der Waals surface area contributed by atoms with E-state index in [2.05, 4.69) is 9.97 Å². The number of sulfonamides is 1. The molecule has 1 aromatic heterocycles. The van der Waals surface area contributed by atoms with Gasteiger partial charge in [-0.05, 0) is 24.3 Å². The molecule has 2 rings (SSSR count). The van der Waals surface area contributed by atoms with Crippen molar-refractivity contribution in [2.75, 3.05) is 10.0 Å². The number of hydrogen-bond acceptors (Lipinski definition) is 6. The zero-order chi connectivity index (χ0) is 14.8. The Labute approximate surface area is 116 Å². The van der Waals surface area contributed by atoms with Gasteiger partial charge in [-0.1, -0.05) is 0 Å². The molecular formula is C12H12N4O3S. The molecule has 0 spiro atoms. The van der Waals surface area contributed by atoms with Crippen molar-refractivity contribution in [1.82, 2.24) is 9.97 Å². The Morgan fingerprint density at radius 2 is 1.85 bits per heavy atom. The molecule has 8 heteroatoms. The Morgan fingerprint density at radius 3 is 2.35 bits per heavy atom. The Bertz CT molecular complexity index is 714. The minimum atomic E-state index is -4.03. The van der Waals surface area contributed by atoms with Crippen LogP contribution in [0, 0.1) is 0 Å². The predicted octanol–water partition coefficient (Wildman–Crippen LogP) is 0.801. The number of nitrogens with zero attached hydrogens (tertiary/aromatic N) is 3. The third-order valence-electron chi connectivity index (χ3n) is 2.48. The molecule has 1 heterocycles. The van der Waals surface area contributed by atoms with Crippen LogP contribution in [0.3, 0.4) is 0 Å². The maximum Gasteiger partial charge on any atom is 0.272 e. The maximum atomic E-state index is 12.5. The molecule has 0 atom stereocenters. The van der Waals surface area contributed by atoms with Crippen molar-refractivity contribution in [2.24, 2.45) is 0 Å². The van der Waals surface area contributed by atoms with Crippen LogP contribution < -0.4 is 10.0 Å². The van der Waals surface area contributed by atoms with Crippen molar-refractivity contribution >= 4 is 27.4 Å². The molecule has 2 N–H and O–H groups in total. The van der Waals surface area contributed by atoms with Crippen molar-refractivity contribution in [3.05, 3.63) is 42.9 Å². The monoisotopic (exact) mass is 292 g/mol. The lowest BCUT2D eigenvalue weighted by atomic mass is 10.3. The molecular weight excluding hydrogens is 280 g/mol. The molecule has 0 bridgehead atoms. The summed E-state index contributed by atoms with van der Waals surface area (Å²) in [6.45, 7) is 1.15. The summed E-state index contributed by atoms with van der Waals surface area (Å²) in [5.41, 5.74) is 5.95. The second-order valence-electron chi connectivity index (χ2n) is 3.93. The minimum absolute atomic E-state index is 0.00988. The highest BCUT2D eigenvalue weighted by Gasteiger charge is 2.29. The summed E-state index contributed by atoms with van der Waals surface area (Å²) in [6.07, 6.45) is 2.53. The Kier molecular flexibility index (Phi) is 3.66. The second-order valence-corrected chi connectivity index (χ2v) is 5.71. The highest BCUT2D eigenvalue weighted by Crippen LogP contribution is 2.22. The molecule has 0 unspecified atom stereocenters. The van der Waals surface area contributed by atoms with Crippen LogP contribution in [0.2, 0.25) is 0 Å². The van der Waals surface area contributed by atoms with Crippen molar-refractivity contribution in [3.8, 4) is 0 Å². The fourth-order valence-electron chi connectivity index (χ4n) is 1.60. The number of aromatic nitrogens is 2. The average molecular weight is 292 g/mol. The fraction of sp³-hybridized carbons (Fsp3) is 0.0833. The zero-order valence-corrected chi connectivity index (χ0v) is 11.4. The number of benzene rings is 1. The number of hydrogen-bond donors (Lipinski definition) is 1. The minimum Gasteiger partial charge on any atom is -0.399 e. The van der Waals surface area contributed by atoms with Crippen molar-refractivity contribution < 1.29 is 13.2 Å². The van der Waals surface area contributed by atoms with Gasteiger partial charge in [0.1, 0.15) is 6.33 Å². The van der Waals surface area contributed by atoms with Crippen LogP contribution in [0.25, 0.3) is 0 Å². The van der Waals surface area contributed by atoms with Crippen LogP contribution in [-0.2, 0) is 14.8 Å². The molecule has 20 heavy (non-hydrogen) atoms. The van der Waals surface area contributed by atoms with E-state index in [0.717, 1.165) is 6.92 Å². The van der Waals surface area contributed by atoms with Gasteiger partial charge in [-0.3, -0.25) is 4.79 Å². The van der Waals surface area contributed by atoms with Gasteiger partial charge in [0.15, 0.2) is 5.82 Å². The first-order valence-corrected chi connectivity index (χ1v) is 7.04. The number of nitrogens with two attached hydrogens (primary N) is 1. The van der Waals surface area contributed by atoms with E-state index in [1.54, 1.807) is 0 Å². The molecule has 0 radical (unpaired) electrons. The van der Waals surface area contributed by atoms with Crippen LogP contribution in [0.15, 0.2) is 47.8 Å². The lowest BCUT2D eigenvalue weighted by Gasteiger charge is -2.19. The summed E-state index contributed by atoms with van der Waals surface area (Å²) in [4.78, 5) is 19.1. The summed E-state index contributed by atoms with van der Waals surface area (Å²) in [5, 5.41) is 0. The second kappa shape index (κ2) is 5.25. The summed E-state index contributed by atoms with van der Waals surface area (Å²) >= 11 is 0. The van der Waals surface area contributed by atoms with Gasteiger partial charge in [0.25, 0.3) is 10.0 Å². The van der Waals surface area contributed by atoms with Gasteiger partial charge < -0.3 is 5.73 Å². The number of carbonyl (C=O) groups excluding carboxylic acids is 1. The van der Waals surface area contributed by atoms with E-state index in [1.165, 1.54) is 42.9 Å². The summed E-state index contributed by atoms with van der Waals surface area (Å²) in [6, 6.07) is 6.91. The highest BCUT2D eigenvalue weighted by molar-refractivity contribution is 7.93. The molecule has 0 saturated carbocycles. The van der Waals surface area contributed by atoms with E-state index in [0.29, 0.717) is 9.99 Å².